The second-order valence-corrected chi connectivity index (χ2v) is 7.05. The van der Waals surface area contributed by atoms with Crippen molar-refractivity contribution in [1.29, 1.82) is 0 Å². The minimum atomic E-state index is -1.23. The van der Waals surface area contributed by atoms with E-state index >= 15 is 0 Å². The van der Waals surface area contributed by atoms with Crippen molar-refractivity contribution in [2.75, 3.05) is 0 Å². The van der Waals surface area contributed by atoms with Gasteiger partial charge in [0, 0.05) is 27.7 Å². The molecule has 0 fully saturated rings. The fourth-order valence-electron chi connectivity index (χ4n) is 3.73. The summed E-state index contributed by atoms with van der Waals surface area (Å²) in [4.78, 5) is 12.6. The molecular weight excluding hydrogens is 400 g/mol. The Morgan fingerprint density at radius 2 is 1.65 bits per heavy atom. The van der Waals surface area contributed by atoms with Crippen molar-refractivity contribution < 1.29 is 24.5 Å². The second-order valence-electron chi connectivity index (χ2n) is 6.20. The van der Waals surface area contributed by atoms with Gasteiger partial charge in [-0.15, -0.1) is 0 Å². The third kappa shape index (κ3) is 1.82. The summed E-state index contributed by atoms with van der Waals surface area (Å²) in [5.41, 5.74) is 1.13. The van der Waals surface area contributed by atoms with Gasteiger partial charge in [0.15, 0.2) is 5.60 Å². The Labute approximate surface area is 156 Å². The van der Waals surface area contributed by atoms with Crippen LogP contribution in [0.2, 0.25) is 0 Å². The molecule has 0 saturated heterocycles. The first kappa shape index (κ1) is 15.3. The zero-order valence-electron chi connectivity index (χ0n) is 13.2. The van der Waals surface area contributed by atoms with Gasteiger partial charge in [0.2, 0.25) is 0 Å². The second kappa shape index (κ2) is 5.02. The topological polar surface area (TPSA) is 76.0 Å². The van der Waals surface area contributed by atoms with Crippen LogP contribution in [0, 0.1) is 0 Å². The van der Waals surface area contributed by atoms with Crippen LogP contribution in [-0.4, -0.2) is 16.2 Å². The van der Waals surface area contributed by atoms with Crippen molar-refractivity contribution in [2.24, 2.45) is 0 Å². The quantitative estimate of drug-likeness (QED) is 0.536. The lowest BCUT2D eigenvalue weighted by Crippen LogP contribution is -2.33. The molecule has 0 radical (unpaired) electrons. The Morgan fingerprint density at radius 1 is 0.885 bits per heavy atom. The van der Waals surface area contributed by atoms with Crippen LogP contribution < -0.4 is 4.74 Å². The third-order valence-corrected chi connectivity index (χ3v) is 5.35. The van der Waals surface area contributed by atoms with Gasteiger partial charge in [0.05, 0.1) is 11.1 Å². The zero-order valence-corrected chi connectivity index (χ0v) is 14.8. The highest BCUT2D eigenvalue weighted by atomic mass is 79.9. The molecule has 1 atom stereocenters. The number of esters is 1. The molecule has 26 heavy (non-hydrogen) atoms. The molecule has 0 aliphatic carbocycles. The van der Waals surface area contributed by atoms with Gasteiger partial charge in [0.1, 0.15) is 23.0 Å². The van der Waals surface area contributed by atoms with Crippen LogP contribution in [0.3, 0.4) is 0 Å². The lowest BCUT2D eigenvalue weighted by atomic mass is 9.77. The molecule has 128 valence electrons. The van der Waals surface area contributed by atoms with Gasteiger partial charge in [-0.05, 0) is 24.3 Å². The Kier molecular flexibility index (Phi) is 2.95. The normalized spacial score (nSPS) is 19.3. The van der Waals surface area contributed by atoms with Crippen LogP contribution in [0.4, 0.5) is 0 Å². The fourth-order valence-corrected chi connectivity index (χ4v) is 4.44. The van der Waals surface area contributed by atoms with E-state index in [1.54, 1.807) is 18.2 Å². The molecule has 3 aromatic carbocycles. The van der Waals surface area contributed by atoms with Gasteiger partial charge in [-0.3, -0.25) is 0 Å². The predicted molar refractivity (Wildman–Crippen MR) is 95.7 cm³/mol. The summed E-state index contributed by atoms with van der Waals surface area (Å²) in [6.07, 6.45) is 0. The number of hydrogen-bond acceptors (Lipinski definition) is 5. The van der Waals surface area contributed by atoms with Gasteiger partial charge in [0.25, 0.3) is 0 Å². The minimum absolute atomic E-state index is 0.00647. The molecule has 0 saturated carbocycles. The van der Waals surface area contributed by atoms with Gasteiger partial charge < -0.3 is 19.7 Å². The number of ether oxygens (including phenoxy) is 2. The van der Waals surface area contributed by atoms with E-state index in [1.807, 2.05) is 12.1 Å². The van der Waals surface area contributed by atoms with Crippen molar-refractivity contribution in [3.05, 3.63) is 81.3 Å². The maximum atomic E-state index is 12.6. The first-order chi connectivity index (χ1) is 12.5. The molecule has 2 heterocycles. The molecular formula is C20H11BrO5. The number of halogens is 1. The number of carbonyl (C=O) groups is 1. The maximum Gasteiger partial charge on any atom is 0.340 e. The standard InChI is InChI=1S/C20H11BrO5/c21-15-7-11(23)9-17-18(15)20(14-6-5-10(22)8-16(14)25-17)13-4-2-1-3-12(13)19(24)26-20/h1-9,22-23H. The van der Waals surface area contributed by atoms with Crippen LogP contribution in [0.1, 0.15) is 27.0 Å². The maximum absolute atomic E-state index is 12.6. The molecule has 2 aliphatic rings. The zero-order chi connectivity index (χ0) is 18.1. The number of aromatic hydroxyl groups is 2. The average molecular weight is 411 g/mol. The van der Waals surface area contributed by atoms with E-state index in [4.69, 9.17) is 9.47 Å². The first-order valence-electron chi connectivity index (χ1n) is 7.88. The van der Waals surface area contributed by atoms with E-state index in [0.717, 1.165) is 0 Å². The SMILES string of the molecule is O=C1OC2(c3ccc(O)cc3Oc3cc(O)cc(Br)c32)c2ccccc21. The number of fused-ring (bicyclic) bond motifs is 6. The van der Waals surface area contributed by atoms with Gasteiger partial charge in [-0.25, -0.2) is 4.79 Å². The largest absolute Gasteiger partial charge is 0.508 e. The van der Waals surface area contributed by atoms with Crippen molar-refractivity contribution in [1.82, 2.24) is 0 Å². The molecule has 1 unspecified atom stereocenters. The van der Waals surface area contributed by atoms with Crippen LogP contribution in [0.25, 0.3) is 0 Å². The Morgan fingerprint density at radius 3 is 2.50 bits per heavy atom. The molecule has 6 heteroatoms. The van der Waals surface area contributed by atoms with Crippen LogP contribution in [-0.2, 0) is 10.3 Å². The third-order valence-electron chi connectivity index (χ3n) is 4.73. The highest BCUT2D eigenvalue weighted by Crippen LogP contribution is 2.58. The molecule has 1 spiro atoms. The van der Waals surface area contributed by atoms with E-state index in [0.29, 0.717) is 38.2 Å². The van der Waals surface area contributed by atoms with Crippen molar-refractivity contribution in [3.8, 4) is 23.0 Å². The first-order valence-corrected chi connectivity index (χ1v) is 8.67. The molecule has 2 aliphatic heterocycles. The van der Waals surface area contributed by atoms with Crippen LogP contribution >= 0.6 is 15.9 Å². The number of rotatable bonds is 0. The number of benzene rings is 3. The lowest BCUT2D eigenvalue weighted by molar-refractivity contribution is 0.0222. The van der Waals surface area contributed by atoms with Crippen molar-refractivity contribution in [3.63, 3.8) is 0 Å². The molecule has 0 aromatic heterocycles. The Hall–Kier alpha value is -2.99. The number of phenols is 2. The van der Waals surface area contributed by atoms with Crippen molar-refractivity contribution in [2.45, 2.75) is 5.60 Å². The molecule has 5 rings (SSSR count). The lowest BCUT2D eigenvalue weighted by Gasteiger charge is -2.37. The van der Waals surface area contributed by atoms with E-state index in [9.17, 15) is 15.0 Å². The molecule has 0 amide bonds. The monoisotopic (exact) mass is 410 g/mol. The predicted octanol–water partition coefficient (Wildman–Crippen LogP) is 4.43. The van der Waals surface area contributed by atoms with E-state index < -0.39 is 11.6 Å². The molecule has 0 bridgehead atoms. The molecule has 5 nitrogen and oxygen atoms in total. The van der Waals surface area contributed by atoms with Gasteiger partial charge >= 0.3 is 5.97 Å². The average Bonchev–Trinajstić information content (AvgIpc) is 2.88. The minimum Gasteiger partial charge on any atom is -0.508 e. The number of hydrogen-bond donors (Lipinski definition) is 2. The highest BCUT2D eigenvalue weighted by molar-refractivity contribution is 9.10. The smallest absolute Gasteiger partial charge is 0.340 e. The highest BCUT2D eigenvalue weighted by Gasteiger charge is 2.54. The van der Waals surface area contributed by atoms with Crippen molar-refractivity contribution >= 4 is 21.9 Å². The summed E-state index contributed by atoms with van der Waals surface area (Å²) in [6.45, 7) is 0. The summed E-state index contributed by atoms with van der Waals surface area (Å²) in [5, 5.41) is 19.9. The Bertz CT molecular complexity index is 1110. The number of carbonyl (C=O) groups excluding carboxylic acids is 1. The molecule has 3 aromatic rings. The number of phenolic OH excluding ortho intramolecular Hbond substituents is 2. The summed E-state index contributed by atoms with van der Waals surface area (Å²) in [5.74, 6) is 0.303. The van der Waals surface area contributed by atoms with Gasteiger partial charge in [-0.1, -0.05) is 34.1 Å². The summed E-state index contributed by atoms with van der Waals surface area (Å²) >= 11 is 3.48. The summed E-state index contributed by atoms with van der Waals surface area (Å²) in [6, 6.07) is 14.8. The summed E-state index contributed by atoms with van der Waals surface area (Å²) < 4.78 is 12.4. The fraction of sp³-hybridized carbons (Fsp3) is 0.0500. The Balaban J connectivity index is 1.94. The van der Waals surface area contributed by atoms with Crippen LogP contribution in [0.15, 0.2) is 59.1 Å². The van der Waals surface area contributed by atoms with E-state index in [2.05, 4.69) is 15.9 Å². The molecule has 2 N–H and O–H groups in total. The van der Waals surface area contributed by atoms with E-state index in [1.165, 1.54) is 24.3 Å². The van der Waals surface area contributed by atoms with E-state index in [-0.39, 0.29) is 11.5 Å². The van der Waals surface area contributed by atoms with Crippen LogP contribution in [0.5, 0.6) is 23.0 Å². The van der Waals surface area contributed by atoms with Gasteiger partial charge in [-0.2, -0.15) is 0 Å². The summed E-state index contributed by atoms with van der Waals surface area (Å²) in [7, 11) is 0.